The van der Waals surface area contributed by atoms with Crippen molar-refractivity contribution in [3.8, 4) is 0 Å². The quantitative estimate of drug-likeness (QED) is 0.565. The topological polar surface area (TPSA) is 38.3 Å². The molecule has 0 fully saturated rings. The van der Waals surface area contributed by atoms with Crippen LogP contribution in [0.4, 0.5) is 0 Å². The summed E-state index contributed by atoms with van der Waals surface area (Å²) in [5.41, 5.74) is 0. The fraction of sp³-hybridized carbons (Fsp3) is 1.00. The monoisotopic (exact) mass is 123 g/mol. The second-order valence-electron chi connectivity index (χ2n) is 0.899. The number of hydrogen-bond donors (Lipinski definition) is 1. The molecule has 0 rings (SSSR count). The van der Waals surface area contributed by atoms with E-state index in [1.54, 1.807) is 0 Å². The molecule has 0 aliphatic carbocycles. The van der Waals surface area contributed by atoms with Gasteiger partial charge in [-0.15, -0.1) is 0 Å². The first kappa shape index (κ1) is 7.07. The maximum absolute atomic E-state index is 10.2. The van der Waals surface area contributed by atoms with E-state index in [9.17, 15) is 4.21 Å². The maximum Gasteiger partial charge on any atom is 0.234 e. The molecule has 1 atom stereocenters. The normalized spacial score (nSPS) is 14.0. The molecule has 0 saturated carbocycles. The lowest BCUT2D eigenvalue weighted by Gasteiger charge is -1.93. The molecular formula is C3H9NO2S. The van der Waals surface area contributed by atoms with Gasteiger partial charge in [-0.3, -0.25) is 4.18 Å². The molecule has 0 aromatic rings. The summed E-state index contributed by atoms with van der Waals surface area (Å²) < 4.78 is 17.1. The summed E-state index contributed by atoms with van der Waals surface area (Å²) in [7, 11) is 1.39. The number of nitrogens with one attached hydrogen (secondary N) is 1. The third kappa shape index (κ3) is 3.91. The average molecular weight is 123 g/mol. The van der Waals surface area contributed by atoms with Crippen LogP contribution >= 0.6 is 0 Å². The lowest BCUT2D eigenvalue weighted by atomic mass is 10.8. The Bertz CT molecular complexity index is 66.0. The van der Waals surface area contributed by atoms with Crippen LogP contribution in [0.1, 0.15) is 6.92 Å². The van der Waals surface area contributed by atoms with Crippen LogP contribution in [0.25, 0.3) is 0 Å². The zero-order chi connectivity index (χ0) is 5.70. The molecule has 0 heterocycles. The number of hydrogen-bond acceptors (Lipinski definition) is 2. The van der Waals surface area contributed by atoms with E-state index < -0.39 is 11.3 Å². The van der Waals surface area contributed by atoms with Crippen molar-refractivity contribution >= 4 is 11.3 Å². The fourth-order valence-electron chi connectivity index (χ4n) is 0.177. The Morgan fingerprint density at radius 2 is 2.43 bits per heavy atom. The third-order valence-corrected chi connectivity index (χ3v) is 1.24. The highest BCUT2D eigenvalue weighted by Gasteiger charge is 1.86. The number of rotatable bonds is 3. The van der Waals surface area contributed by atoms with E-state index in [1.807, 2.05) is 6.92 Å². The minimum Gasteiger partial charge on any atom is -0.282 e. The molecule has 0 spiro atoms. The smallest absolute Gasteiger partial charge is 0.234 e. The summed E-state index contributed by atoms with van der Waals surface area (Å²) in [4.78, 5) is 0. The molecule has 1 unspecified atom stereocenters. The second kappa shape index (κ2) is 4.23. The summed E-state index contributed by atoms with van der Waals surface area (Å²) in [5, 5.41) is 0. The van der Waals surface area contributed by atoms with Gasteiger partial charge in [-0.1, -0.05) is 6.92 Å². The average Bonchev–Trinajstić information content (AvgIpc) is 1.68. The molecule has 0 aromatic carbocycles. The Morgan fingerprint density at radius 3 is 2.57 bits per heavy atom. The van der Waals surface area contributed by atoms with Crippen molar-refractivity contribution < 1.29 is 8.39 Å². The van der Waals surface area contributed by atoms with Gasteiger partial charge in [0.25, 0.3) is 0 Å². The molecule has 0 aliphatic heterocycles. The van der Waals surface area contributed by atoms with E-state index in [4.69, 9.17) is 0 Å². The minimum absolute atomic E-state index is 0.667. The second-order valence-corrected chi connectivity index (χ2v) is 1.99. The van der Waals surface area contributed by atoms with Crippen LogP contribution in [0.3, 0.4) is 0 Å². The molecule has 0 amide bonds. The van der Waals surface area contributed by atoms with Gasteiger partial charge in [0.2, 0.25) is 11.3 Å². The van der Waals surface area contributed by atoms with Crippen molar-refractivity contribution in [3.63, 3.8) is 0 Å². The SMILES string of the molecule is CCNS(=O)OC. The van der Waals surface area contributed by atoms with Crippen LogP contribution < -0.4 is 4.72 Å². The van der Waals surface area contributed by atoms with Gasteiger partial charge in [-0.05, 0) is 0 Å². The molecule has 4 heteroatoms. The van der Waals surface area contributed by atoms with Crippen molar-refractivity contribution in [2.45, 2.75) is 6.92 Å². The van der Waals surface area contributed by atoms with Gasteiger partial charge >= 0.3 is 0 Å². The first-order valence-electron chi connectivity index (χ1n) is 2.01. The first-order valence-corrected chi connectivity index (χ1v) is 3.08. The van der Waals surface area contributed by atoms with Gasteiger partial charge in [0.1, 0.15) is 0 Å². The van der Waals surface area contributed by atoms with Gasteiger partial charge in [-0.25, -0.2) is 8.93 Å². The van der Waals surface area contributed by atoms with E-state index in [-0.39, 0.29) is 0 Å². The molecule has 0 aliphatic rings. The predicted octanol–water partition coefficient (Wildman–Crippen LogP) is -0.179. The zero-order valence-corrected chi connectivity index (χ0v) is 5.25. The highest BCUT2D eigenvalue weighted by Crippen LogP contribution is 1.69. The van der Waals surface area contributed by atoms with Crippen molar-refractivity contribution in [2.24, 2.45) is 0 Å². The van der Waals surface area contributed by atoms with E-state index >= 15 is 0 Å². The van der Waals surface area contributed by atoms with E-state index in [2.05, 4.69) is 8.91 Å². The maximum atomic E-state index is 10.2. The van der Waals surface area contributed by atoms with Crippen molar-refractivity contribution in [1.29, 1.82) is 0 Å². The molecule has 0 saturated heterocycles. The van der Waals surface area contributed by atoms with Crippen LogP contribution in [-0.2, 0) is 15.4 Å². The molecule has 0 radical (unpaired) electrons. The summed E-state index contributed by atoms with van der Waals surface area (Å²) >= 11 is -1.28. The first-order chi connectivity index (χ1) is 3.31. The Kier molecular flexibility index (Phi) is 4.28. The van der Waals surface area contributed by atoms with E-state index in [0.717, 1.165) is 0 Å². The van der Waals surface area contributed by atoms with E-state index in [1.165, 1.54) is 7.11 Å². The van der Waals surface area contributed by atoms with Gasteiger partial charge < -0.3 is 0 Å². The summed E-state index contributed by atoms with van der Waals surface area (Å²) in [6.45, 7) is 2.53. The van der Waals surface area contributed by atoms with Crippen LogP contribution in [0.2, 0.25) is 0 Å². The summed E-state index contributed by atoms with van der Waals surface area (Å²) in [6, 6.07) is 0. The molecule has 3 nitrogen and oxygen atoms in total. The van der Waals surface area contributed by atoms with Crippen LogP contribution in [-0.4, -0.2) is 17.9 Å². The Labute approximate surface area is 45.9 Å². The predicted molar refractivity (Wildman–Crippen MR) is 28.8 cm³/mol. The molecular weight excluding hydrogens is 114 g/mol. The fourth-order valence-corrected chi connectivity index (χ4v) is 0.530. The van der Waals surface area contributed by atoms with Crippen molar-refractivity contribution in [1.82, 2.24) is 4.72 Å². The van der Waals surface area contributed by atoms with Gasteiger partial charge in [-0.2, -0.15) is 0 Å². The standard InChI is InChI=1S/C3H9NO2S/c1-3-4-7(5)6-2/h4H,3H2,1-2H3. The highest BCUT2D eigenvalue weighted by atomic mass is 32.2. The van der Waals surface area contributed by atoms with Crippen LogP contribution in [0, 0.1) is 0 Å². The van der Waals surface area contributed by atoms with Crippen molar-refractivity contribution in [2.75, 3.05) is 13.7 Å². The molecule has 1 N–H and O–H groups in total. The van der Waals surface area contributed by atoms with Crippen molar-refractivity contribution in [3.05, 3.63) is 0 Å². The van der Waals surface area contributed by atoms with Crippen LogP contribution in [0.15, 0.2) is 0 Å². The van der Waals surface area contributed by atoms with E-state index in [0.29, 0.717) is 6.54 Å². The van der Waals surface area contributed by atoms with Crippen LogP contribution in [0.5, 0.6) is 0 Å². The highest BCUT2D eigenvalue weighted by molar-refractivity contribution is 7.78. The molecule has 0 aromatic heterocycles. The zero-order valence-electron chi connectivity index (χ0n) is 4.43. The molecule has 44 valence electrons. The molecule has 0 bridgehead atoms. The lowest BCUT2D eigenvalue weighted by Crippen LogP contribution is -2.16. The third-order valence-electron chi connectivity index (χ3n) is 0.414. The van der Waals surface area contributed by atoms with Gasteiger partial charge in [0, 0.05) is 6.54 Å². The van der Waals surface area contributed by atoms with Gasteiger partial charge in [0.15, 0.2) is 0 Å². The largest absolute Gasteiger partial charge is 0.282 e. The minimum atomic E-state index is -1.28. The lowest BCUT2D eigenvalue weighted by molar-refractivity contribution is 0.437. The molecule has 7 heavy (non-hydrogen) atoms. The summed E-state index contributed by atoms with van der Waals surface area (Å²) in [6.07, 6.45) is 0. The summed E-state index contributed by atoms with van der Waals surface area (Å²) in [5.74, 6) is 0. The Hall–Kier alpha value is 0.0700. The Balaban J connectivity index is 3.00. The Morgan fingerprint density at radius 1 is 1.86 bits per heavy atom. The van der Waals surface area contributed by atoms with Gasteiger partial charge in [0.05, 0.1) is 7.11 Å².